The number of anilines is 2. The van der Waals surface area contributed by atoms with Crippen molar-refractivity contribution in [1.29, 1.82) is 0 Å². The van der Waals surface area contributed by atoms with Crippen LogP contribution in [-0.4, -0.2) is 20.0 Å². The van der Waals surface area contributed by atoms with Gasteiger partial charge >= 0.3 is 0 Å². The summed E-state index contributed by atoms with van der Waals surface area (Å²) in [7, 11) is 3.08. The van der Waals surface area contributed by atoms with Crippen LogP contribution >= 0.6 is 0 Å². The lowest BCUT2D eigenvalue weighted by Crippen LogP contribution is -1.97. The highest BCUT2D eigenvalue weighted by atomic mass is 16.5. The maximum Gasteiger partial charge on any atom is 0.185 e. The van der Waals surface area contributed by atoms with Crippen molar-refractivity contribution in [3.05, 3.63) is 53.6 Å². The van der Waals surface area contributed by atoms with Crippen LogP contribution in [0, 0.1) is 0 Å². The van der Waals surface area contributed by atoms with E-state index < -0.39 is 0 Å². The highest BCUT2D eigenvalue weighted by Crippen LogP contribution is 2.31. The number of carbonyl (C=O) groups excluding carboxylic acids is 1. The first-order valence-electron chi connectivity index (χ1n) is 6.64. The van der Waals surface area contributed by atoms with E-state index in [-0.39, 0.29) is 5.78 Å². The number of hydrogen-bond donors (Lipinski definition) is 2. The van der Waals surface area contributed by atoms with Crippen LogP contribution in [0.3, 0.4) is 0 Å². The normalized spacial score (nSPS) is 10.6. The van der Waals surface area contributed by atoms with Crippen molar-refractivity contribution in [3.63, 3.8) is 0 Å². The number of ether oxygens (including phenoxy) is 2. The maximum atomic E-state index is 12.1. The van der Waals surface area contributed by atoms with E-state index >= 15 is 0 Å². The van der Waals surface area contributed by atoms with Gasteiger partial charge in [-0.3, -0.25) is 4.79 Å². The Morgan fingerprint density at radius 3 is 2.23 bits per heavy atom. The first kappa shape index (κ1) is 15.4. The lowest BCUT2D eigenvalue weighted by Gasteiger charge is -2.10. The standard InChI is InChI=1S/C17H18N2O3/c1-21-16-10-17(22-2)14(19)9-12(16)5-8-15(20)11-3-6-13(18)7-4-11/h3-10H,18-19H2,1-2H3/b8-5+. The predicted molar refractivity (Wildman–Crippen MR) is 88.2 cm³/mol. The fraction of sp³-hybridized carbons (Fsp3) is 0.118. The number of hydrogen-bond acceptors (Lipinski definition) is 5. The SMILES string of the molecule is COc1cc(OC)c(/C=C/C(=O)c2ccc(N)cc2)cc1N. The van der Waals surface area contributed by atoms with Crippen molar-refractivity contribution in [2.45, 2.75) is 0 Å². The molecule has 114 valence electrons. The maximum absolute atomic E-state index is 12.1. The summed E-state index contributed by atoms with van der Waals surface area (Å²) in [5.74, 6) is 0.975. The topological polar surface area (TPSA) is 87.6 Å². The van der Waals surface area contributed by atoms with Crippen LogP contribution < -0.4 is 20.9 Å². The van der Waals surface area contributed by atoms with Crippen LogP contribution in [-0.2, 0) is 0 Å². The lowest BCUT2D eigenvalue weighted by molar-refractivity contribution is 0.104. The Kier molecular flexibility index (Phi) is 4.68. The van der Waals surface area contributed by atoms with Gasteiger partial charge in [-0.2, -0.15) is 0 Å². The predicted octanol–water partition coefficient (Wildman–Crippen LogP) is 2.76. The van der Waals surface area contributed by atoms with Crippen LogP contribution in [0.15, 0.2) is 42.5 Å². The van der Waals surface area contributed by atoms with Crippen LogP contribution in [0.5, 0.6) is 11.5 Å². The van der Waals surface area contributed by atoms with Gasteiger partial charge in [-0.05, 0) is 42.5 Å². The van der Waals surface area contributed by atoms with Gasteiger partial charge in [-0.15, -0.1) is 0 Å². The zero-order chi connectivity index (χ0) is 16.1. The molecular formula is C17H18N2O3. The molecule has 5 nitrogen and oxygen atoms in total. The number of nitrogens with two attached hydrogens (primary N) is 2. The molecular weight excluding hydrogens is 280 g/mol. The molecule has 0 amide bonds. The molecule has 0 bridgehead atoms. The quantitative estimate of drug-likeness (QED) is 0.503. The molecule has 2 rings (SSSR count). The number of nitrogen functional groups attached to an aromatic ring is 2. The van der Waals surface area contributed by atoms with E-state index in [0.29, 0.717) is 34.0 Å². The molecule has 4 N–H and O–H groups in total. The average molecular weight is 298 g/mol. The molecule has 0 aliphatic rings. The molecule has 2 aromatic rings. The molecule has 0 aliphatic heterocycles. The molecule has 0 aliphatic carbocycles. The van der Waals surface area contributed by atoms with Crippen molar-refractivity contribution < 1.29 is 14.3 Å². The molecule has 0 saturated heterocycles. The highest BCUT2D eigenvalue weighted by Gasteiger charge is 2.08. The van der Waals surface area contributed by atoms with Crippen LogP contribution in [0.4, 0.5) is 11.4 Å². The van der Waals surface area contributed by atoms with Gasteiger partial charge in [0.2, 0.25) is 0 Å². The third kappa shape index (κ3) is 3.38. The summed E-state index contributed by atoms with van der Waals surface area (Å²) in [6, 6.07) is 10.1. The highest BCUT2D eigenvalue weighted by molar-refractivity contribution is 6.07. The Labute approximate surface area is 129 Å². The van der Waals surface area contributed by atoms with E-state index in [2.05, 4.69) is 0 Å². The number of allylic oxidation sites excluding steroid dienone is 1. The third-order valence-corrected chi connectivity index (χ3v) is 3.19. The Hall–Kier alpha value is -2.95. The number of carbonyl (C=O) groups is 1. The van der Waals surface area contributed by atoms with Gasteiger partial charge in [0.25, 0.3) is 0 Å². The van der Waals surface area contributed by atoms with Crippen molar-refractivity contribution in [2.75, 3.05) is 25.7 Å². The molecule has 22 heavy (non-hydrogen) atoms. The van der Waals surface area contributed by atoms with E-state index in [0.717, 1.165) is 0 Å². The van der Waals surface area contributed by atoms with E-state index in [4.69, 9.17) is 20.9 Å². The number of methoxy groups -OCH3 is 2. The van der Waals surface area contributed by atoms with Gasteiger partial charge in [-0.25, -0.2) is 0 Å². The van der Waals surface area contributed by atoms with Gasteiger partial charge < -0.3 is 20.9 Å². The Morgan fingerprint density at radius 2 is 1.64 bits per heavy atom. The van der Waals surface area contributed by atoms with Gasteiger partial charge in [0.05, 0.1) is 19.9 Å². The minimum atomic E-state index is -0.128. The van der Waals surface area contributed by atoms with Gasteiger partial charge in [0.15, 0.2) is 5.78 Å². The van der Waals surface area contributed by atoms with Crippen LogP contribution in [0.2, 0.25) is 0 Å². The largest absolute Gasteiger partial charge is 0.496 e. The summed E-state index contributed by atoms with van der Waals surface area (Å²) in [6.45, 7) is 0. The van der Waals surface area contributed by atoms with Gasteiger partial charge in [0.1, 0.15) is 11.5 Å². The number of benzene rings is 2. The molecule has 0 unspecified atom stereocenters. The molecule has 0 heterocycles. The summed E-state index contributed by atoms with van der Waals surface area (Å²) in [6.07, 6.45) is 3.13. The monoisotopic (exact) mass is 298 g/mol. The van der Waals surface area contributed by atoms with Crippen molar-refractivity contribution in [3.8, 4) is 11.5 Å². The molecule has 0 saturated carbocycles. The molecule has 0 aromatic heterocycles. The fourth-order valence-corrected chi connectivity index (χ4v) is 1.99. The Morgan fingerprint density at radius 1 is 1.00 bits per heavy atom. The van der Waals surface area contributed by atoms with Gasteiger partial charge in [-0.1, -0.05) is 0 Å². The summed E-state index contributed by atoms with van der Waals surface area (Å²) in [5, 5.41) is 0. The molecule has 0 atom stereocenters. The van der Waals surface area contributed by atoms with Crippen LogP contribution in [0.1, 0.15) is 15.9 Å². The summed E-state index contributed by atoms with van der Waals surface area (Å²) < 4.78 is 10.4. The van der Waals surface area contributed by atoms with Crippen molar-refractivity contribution in [1.82, 2.24) is 0 Å². The molecule has 0 radical (unpaired) electrons. The van der Waals surface area contributed by atoms with E-state index in [1.54, 1.807) is 49.6 Å². The fourth-order valence-electron chi connectivity index (χ4n) is 1.99. The minimum Gasteiger partial charge on any atom is -0.496 e. The number of ketones is 1. The smallest absolute Gasteiger partial charge is 0.185 e. The zero-order valence-corrected chi connectivity index (χ0v) is 12.5. The van der Waals surface area contributed by atoms with Gasteiger partial charge in [0, 0.05) is 22.9 Å². The molecule has 2 aromatic carbocycles. The summed E-state index contributed by atoms with van der Waals surface area (Å²) >= 11 is 0. The molecule has 0 spiro atoms. The minimum absolute atomic E-state index is 0.128. The van der Waals surface area contributed by atoms with Crippen molar-refractivity contribution >= 4 is 23.2 Å². The second-order valence-electron chi connectivity index (χ2n) is 4.66. The Balaban J connectivity index is 2.27. The second-order valence-corrected chi connectivity index (χ2v) is 4.66. The van der Waals surface area contributed by atoms with Crippen LogP contribution in [0.25, 0.3) is 6.08 Å². The van der Waals surface area contributed by atoms with E-state index in [1.165, 1.54) is 13.2 Å². The number of rotatable bonds is 5. The molecule has 5 heteroatoms. The van der Waals surface area contributed by atoms with E-state index in [1.807, 2.05) is 0 Å². The second kappa shape index (κ2) is 6.67. The zero-order valence-electron chi connectivity index (χ0n) is 12.5. The summed E-state index contributed by atoms with van der Waals surface area (Å²) in [5.41, 5.74) is 13.8. The summed E-state index contributed by atoms with van der Waals surface area (Å²) in [4.78, 5) is 12.1. The first-order chi connectivity index (χ1) is 10.5. The van der Waals surface area contributed by atoms with E-state index in [9.17, 15) is 4.79 Å². The average Bonchev–Trinajstić information content (AvgIpc) is 2.53. The molecule has 0 fully saturated rings. The lowest BCUT2D eigenvalue weighted by atomic mass is 10.1. The van der Waals surface area contributed by atoms with Crippen molar-refractivity contribution in [2.24, 2.45) is 0 Å². The first-order valence-corrected chi connectivity index (χ1v) is 6.64. The third-order valence-electron chi connectivity index (χ3n) is 3.19. The Bertz CT molecular complexity index is 707.